The maximum Gasteiger partial charge on any atom is 0.247 e. The summed E-state index contributed by atoms with van der Waals surface area (Å²) in [5, 5.41) is 5.94. The lowest BCUT2D eigenvalue weighted by atomic mass is 9.89. The number of anilines is 1. The first-order valence-corrected chi connectivity index (χ1v) is 21.0. The molecule has 59 heavy (non-hydrogen) atoms. The fourth-order valence-corrected chi connectivity index (χ4v) is 8.08. The summed E-state index contributed by atoms with van der Waals surface area (Å²) in [5.41, 5.74) is 8.18. The van der Waals surface area contributed by atoms with Gasteiger partial charge in [0.15, 0.2) is 5.96 Å². The molecule has 1 saturated heterocycles. The summed E-state index contributed by atoms with van der Waals surface area (Å²) in [6.45, 7) is 10.8. The minimum absolute atomic E-state index is 0.0109. The summed E-state index contributed by atoms with van der Waals surface area (Å²) >= 11 is 0. The number of carbonyl (C=O) groups is 4. The first kappa shape index (κ1) is 48.8. The molecule has 0 aliphatic carbocycles. The molecule has 14 nitrogen and oxygen atoms in total. The molecule has 8 atom stereocenters. The predicted octanol–water partition coefficient (Wildman–Crippen LogP) is 4.24. The first-order chi connectivity index (χ1) is 28.0. The molecular formula is C45H72N8O6. The highest BCUT2D eigenvalue weighted by Crippen LogP contribution is 2.30. The molecule has 328 valence electrons. The Morgan fingerprint density at radius 1 is 0.881 bits per heavy atom. The lowest BCUT2D eigenvalue weighted by molar-refractivity contribution is -0.146. The van der Waals surface area contributed by atoms with Gasteiger partial charge in [0, 0.05) is 74.7 Å². The van der Waals surface area contributed by atoms with Crippen LogP contribution in [0.15, 0.2) is 59.6 Å². The third kappa shape index (κ3) is 13.2. The zero-order valence-electron chi connectivity index (χ0n) is 37.6. The summed E-state index contributed by atoms with van der Waals surface area (Å²) in [6, 6.07) is 14.5. The topological polar surface area (TPSA) is 162 Å². The number of benzene rings is 2. The maximum absolute atomic E-state index is 14.4. The third-order valence-electron chi connectivity index (χ3n) is 11.6. The Labute approximate surface area is 353 Å². The molecule has 4 amide bonds. The van der Waals surface area contributed by atoms with Crippen LogP contribution in [0.3, 0.4) is 0 Å². The molecule has 3 rings (SSSR count). The molecule has 2 aromatic rings. The molecule has 7 unspecified atom stereocenters. The Hall–Kier alpha value is -4.53. The average Bonchev–Trinajstić information content (AvgIpc) is 3.70. The predicted molar refractivity (Wildman–Crippen MR) is 235 cm³/mol. The van der Waals surface area contributed by atoms with Gasteiger partial charge >= 0.3 is 0 Å². The second-order valence-corrected chi connectivity index (χ2v) is 16.6. The second-order valence-electron chi connectivity index (χ2n) is 16.6. The number of likely N-dealkylation sites (N-methyl/N-ethyl adjacent to an activating group) is 1. The van der Waals surface area contributed by atoms with Crippen molar-refractivity contribution in [3.8, 4) is 0 Å². The second kappa shape index (κ2) is 23.3. The molecule has 0 aromatic heterocycles. The van der Waals surface area contributed by atoms with E-state index in [-0.39, 0.29) is 54.3 Å². The molecule has 0 saturated carbocycles. The number of likely N-dealkylation sites (tertiary alicyclic amines) is 1. The monoisotopic (exact) mass is 821 g/mol. The number of amides is 4. The lowest BCUT2D eigenvalue weighted by Gasteiger charge is -2.40. The largest absolute Gasteiger partial charge is 0.379 e. The standard InChI is InChI=1S/C45H72N8O6/c1-13-30(4)40(52(10)44(57)39(29(2)3)49-45(50(6)7)51(8)9)37(58-11)27-38(54)53-25-17-20-36(53)41(59-12)31(5)42(55)48-35(26-32-18-15-14-16-19-32)43(56)47-34-23-21-33(28-46)22-24-34/h14-16,18-19,21-24,29-31,35-37,39-41H,13,17,20,25-28,46H2,1-12H3,(H,47,56)(H,48,55)/t30?,31?,35?,36-,37?,39?,40?,41?/m0/s1. The molecule has 1 fully saturated rings. The van der Waals surface area contributed by atoms with Gasteiger partial charge in [0.05, 0.1) is 36.6 Å². The van der Waals surface area contributed by atoms with E-state index in [1.807, 2.05) is 94.3 Å². The zero-order valence-corrected chi connectivity index (χ0v) is 37.6. The highest BCUT2D eigenvalue weighted by Gasteiger charge is 2.43. The Kier molecular flexibility index (Phi) is 19.3. The molecule has 0 bridgehead atoms. The van der Waals surface area contributed by atoms with Crippen LogP contribution in [0.2, 0.25) is 0 Å². The molecule has 14 heteroatoms. The van der Waals surface area contributed by atoms with Gasteiger partial charge in [-0.05, 0) is 47.9 Å². The summed E-state index contributed by atoms with van der Waals surface area (Å²) in [5.74, 6) is -1.06. The van der Waals surface area contributed by atoms with Crippen molar-refractivity contribution < 1.29 is 28.7 Å². The van der Waals surface area contributed by atoms with Gasteiger partial charge < -0.3 is 45.4 Å². The van der Waals surface area contributed by atoms with Crippen LogP contribution in [0.5, 0.6) is 0 Å². The Morgan fingerprint density at radius 3 is 2.03 bits per heavy atom. The summed E-state index contributed by atoms with van der Waals surface area (Å²) in [7, 11) is 12.5. The van der Waals surface area contributed by atoms with Crippen LogP contribution in [-0.2, 0) is 41.6 Å². The van der Waals surface area contributed by atoms with E-state index in [2.05, 4.69) is 24.5 Å². The van der Waals surface area contributed by atoms with Gasteiger partial charge in [0.1, 0.15) is 12.1 Å². The number of guanidine groups is 1. The van der Waals surface area contributed by atoms with Gasteiger partial charge in [0.25, 0.3) is 0 Å². The Bertz CT molecular complexity index is 1660. The van der Waals surface area contributed by atoms with Gasteiger partial charge in [-0.25, -0.2) is 4.99 Å². The van der Waals surface area contributed by atoms with Crippen LogP contribution in [0.1, 0.15) is 71.4 Å². The van der Waals surface area contributed by atoms with Crippen LogP contribution in [0.25, 0.3) is 0 Å². The number of hydrogen-bond acceptors (Lipinski definition) is 8. The number of methoxy groups -OCH3 is 2. The minimum Gasteiger partial charge on any atom is -0.379 e. The lowest BCUT2D eigenvalue weighted by Crippen LogP contribution is -2.55. The van der Waals surface area contributed by atoms with Crippen LogP contribution in [-0.4, -0.2) is 142 Å². The third-order valence-corrected chi connectivity index (χ3v) is 11.6. The fraction of sp³-hybridized carbons (Fsp3) is 0.622. The highest BCUT2D eigenvalue weighted by molar-refractivity contribution is 5.97. The van der Waals surface area contributed by atoms with Crippen LogP contribution in [0.4, 0.5) is 5.69 Å². The van der Waals surface area contributed by atoms with E-state index in [4.69, 9.17) is 20.2 Å². The van der Waals surface area contributed by atoms with Crippen molar-refractivity contribution in [1.29, 1.82) is 0 Å². The van der Waals surface area contributed by atoms with Crippen molar-refractivity contribution in [1.82, 2.24) is 24.9 Å². The molecule has 0 spiro atoms. The number of nitrogens with zero attached hydrogens (tertiary/aromatic N) is 5. The number of aliphatic imine (C=N–C) groups is 1. The van der Waals surface area contributed by atoms with Gasteiger partial charge in [-0.3, -0.25) is 19.2 Å². The average molecular weight is 821 g/mol. The van der Waals surface area contributed by atoms with E-state index < -0.39 is 36.3 Å². The van der Waals surface area contributed by atoms with E-state index in [1.54, 1.807) is 50.1 Å². The van der Waals surface area contributed by atoms with Gasteiger partial charge in [0.2, 0.25) is 23.6 Å². The summed E-state index contributed by atoms with van der Waals surface area (Å²) < 4.78 is 12.1. The first-order valence-electron chi connectivity index (χ1n) is 21.0. The number of carbonyl (C=O) groups excluding carboxylic acids is 4. The van der Waals surface area contributed by atoms with Crippen molar-refractivity contribution >= 4 is 35.3 Å². The van der Waals surface area contributed by atoms with Crippen molar-refractivity contribution in [2.45, 2.75) is 110 Å². The number of hydrogen-bond donors (Lipinski definition) is 3. The van der Waals surface area contributed by atoms with Crippen molar-refractivity contribution in [2.75, 3.05) is 61.3 Å². The Morgan fingerprint density at radius 2 is 1.51 bits per heavy atom. The molecule has 1 heterocycles. The van der Waals surface area contributed by atoms with Crippen molar-refractivity contribution in [3.05, 3.63) is 65.7 Å². The normalized spacial score (nSPS) is 17.5. The quantitative estimate of drug-likeness (QED) is 0.131. The Balaban J connectivity index is 1.83. The number of nitrogens with two attached hydrogens (primary N) is 1. The van der Waals surface area contributed by atoms with Gasteiger partial charge in [-0.1, -0.05) is 83.5 Å². The van der Waals surface area contributed by atoms with Crippen molar-refractivity contribution in [3.63, 3.8) is 0 Å². The number of nitrogens with one attached hydrogen (secondary N) is 2. The van der Waals surface area contributed by atoms with Crippen LogP contribution in [0, 0.1) is 17.8 Å². The number of ether oxygens (including phenoxy) is 2. The van der Waals surface area contributed by atoms with E-state index in [0.717, 1.165) is 24.0 Å². The SMILES string of the molecule is CCC(C)C(C(CC(=O)N1CCC[C@H]1C(OC)C(C)C(=O)NC(Cc1ccccc1)C(=O)Nc1ccc(CN)cc1)OC)N(C)C(=O)C(N=C(N(C)C)N(C)C)C(C)C. The number of rotatable bonds is 20. The van der Waals surface area contributed by atoms with E-state index >= 15 is 0 Å². The smallest absolute Gasteiger partial charge is 0.247 e. The molecular weight excluding hydrogens is 749 g/mol. The zero-order chi connectivity index (χ0) is 44.0. The summed E-state index contributed by atoms with van der Waals surface area (Å²) in [6.07, 6.45) is 1.23. The molecule has 1 aliphatic heterocycles. The van der Waals surface area contributed by atoms with E-state index in [1.165, 1.54) is 0 Å². The molecule has 1 aliphatic rings. The van der Waals surface area contributed by atoms with Gasteiger partial charge in [-0.2, -0.15) is 0 Å². The maximum atomic E-state index is 14.4. The molecule has 0 radical (unpaired) electrons. The minimum atomic E-state index is -0.877. The van der Waals surface area contributed by atoms with Crippen LogP contribution < -0.4 is 16.4 Å². The summed E-state index contributed by atoms with van der Waals surface area (Å²) in [4.78, 5) is 68.6. The van der Waals surface area contributed by atoms with Crippen molar-refractivity contribution in [2.24, 2.45) is 28.5 Å². The van der Waals surface area contributed by atoms with E-state index in [0.29, 0.717) is 31.2 Å². The molecule has 2 aromatic carbocycles. The van der Waals surface area contributed by atoms with Crippen LogP contribution >= 0.6 is 0 Å². The highest BCUT2D eigenvalue weighted by atomic mass is 16.5. The fourth-order valence-electron chi connectivity index (χ4n) is 8.08. The van der Waals surface area contributed by atoms with Gasteiger partial charge in [-0.15, -0.1) is 0 Å². The molecule has 4 N–H and O–H groups in total. The van der Waals surface area contributed by atoms with E-state index in [9.17, 15) is 19.2 Å².